The van der Waals surface area contributed by atoms with Crippen LogP contribution in [-0.4, -0.2) is 62.1 Å². The van der Waals surface area contributed by atoms with Gasteiger partial charge < -0.3 is 11.1 Å². The maximum Gasteiger partial charge on any atom is 0.505 e. The van der Waals surface area contributed by atoms with E-state index in [1.807, 2.05) is 31.2 Å². The maximum atomic E-state index is 13.0. The highest BCUT2D eigenvalue weighted by atomic mass is 35.5. The highest BCUT2D eigenvalue weighted by Gasteiger charge is 2.43. The molecule has 294 valence electrons. The minimum Gasteiger partial charge on any atom is -0.361 e. The number of rotatable bonds is 4. The third kappa shape index (κ3) is 13.5. The van der Waals surface area contributed by atoms with Crippen molar-refractivity contribution >= 4 is 91.7 Å². The quantitative estimate of drug-likeness (QED) is 0.136. The Kier molecular flexibility index (Phi) is 15.5. The van der Waals surface area contributed by atoms with Gasteiger partial charge in [-0.05, 0) is 73.5 Å². The molecule has 10 nitrogen and oxygen atoms in total. The summed E-state index contributed by atoms with van der Waals surface area (Å²) in [4.78, 5) is 45.4. The second-order valence-corrected chi connectivity index (χ2v) is 14.8. The van der Waals surface area contributed by atoms with E-state index in [-0.39, 0.29) is 39.5 Å². The molecule has 0 spiro atoms. The van der Waals surface area contributed by atoms with Crippen molar-refractivity contribution < 1.29 is 40.7 Å². The van der Waals surface area contributed by atoms with Crippen molar-refractivity contribution in [2.24, 2.45) is 20.7 Å². The summed E-state index contributed by atoms with van der Waals surface area (Å²) in [7, 11) is 0. The number of amides is 4. The van der Waals surface area contributed by atoms with Crippen LogP contribution in [0.3, 0.4) is 0 Å². The number of anilines is 1. The summed E-state index contributed by atoms with van der Waals surface area (Å²) in [6.45, 7) is 1.93. The fraction of sp³-hybridized carbons (Fsp3) is 0.314. The second-order valence-electron chi connectivity index (χ2n) is 11.9. The number of thiol groups is 1. The Morgan fingerprint density at radius 2 is 1.42 bits per heavy atom. The fourth-order valence-corrected chi connectivity index (χ4v) is 7.89. The van der Waals surface area contributed by atoms with E-state index in [1.54, 1.807) is 36.4 Å². The summed E-state index contributed by atoms with van der Waals surface area (Å²) < 4.78 is 77.3. The monoisotopic (exact) mass is 845 g/mol. The number of halogens is 7. The molecule has 1 aliphatic carbocycles. The lowest BCUT2D eigenvalue weighted by molar-refractivity contribution is -0.121. The zero-order valence-electron chi connectivity index (χ0n) is 28.8. The first-order valence-corrected chi connectivity index (χ1v) is 19.0. The molecule has 2 atom stereocenters. The number of thioether (sulfide) groups is 2. The molecule has 4 amide bonds. The number of para-hydroxylation sites is 2. The normalized spacial score (nSPS) is 21.3. The second kappa shape index (κ2) is 19.6. The summed E-state index contributed by atoms with van der Waals surface area (Å²) in [5, 5.41) is 1.77. The van der Waals surface area contributed by atoms with E-state index < -0.39 is 28.7 Å². The molecule has 0 radical (unpaired) electrons. The van der Waals surface area contributed by atoms with Gasteiger partial charge in [-0.25, -0.2) is 9.79 Å². The molecule has 3 fully saturated rings. The largest absolute Gasteiger partial charge is 0.505 e. The fourth-order valence-electron chi connectivity index (χ4n) is 5.59. The number of carbonyl (C=O) groups excluding carboxylic acids is 3. The van der Waals surface area contributed by atoms with Gasteiger partial charge in [-0.15, -0.1) is 26.3 Å². The van der Waals surface area contributed by atoms with E-state index in [2.05, 4.69) is 38.7 Å². The van der Waals surface area contributed by atoms with Gasteiger partial charge in [0.2, 0.25) is 0 Å². The molecule has 20 heteroatoms. The highest BCUT2D eigenvalue weighted by Crippen LogP contribution is 2.43. The molecule has 0 bridgehead atoms. The zero-order valence-corrected chi connectivity index (χ0v) is 32.1. The number of primary amides is 1. The topological polar surface area (TPSA) is 133 Å². The van der Waals surface area contributed by atoms with Gasteiger partial charge in [-0.2, -0.15) is 9.98 Å². The SMILES string of the molecule is C[C@H]1[C@H](c2ccc(Cl)cc2)SC(=O)N1C(=O)NC1CCCCC1.FC(F)(F)N=C1SC(=Nc2ccccc2)N(c2ccccc2)C1=NC(F)(F)F.NC(=O)S. The molecule has 6 rings (SSSR count). The molecule has 2 saturated heterocycles. The third-order valence-electron chi connectivity index (χ3n) is 7.86. The molecule has 0 unspecified atom stereocenters. The maximum absolute atomic E-state index is 13.0. The molecule has 3 aromatic carbocycles. The van der Waals surface area contributed by atoms with Crippen LogP contribution in [0.15, 0.2) is 99.9 Å². The predicted octanol–water partition coefficient (Wildman–Crippen LogP) is 10.7. The van der Waals surface area contributed by atoms with Crippen LogP contribution < -0.4 is 16.0 Å². The predicted molar refractivity (Wildman–Crippen MR) is 209 cm³/mol. The van der Waals surface area contributed by atoms with Crippen molar-refractivity contribution in [3.05, 3.63) is 95.5 Å². The molecular formula is C35H34ClF6N7O3S3. The average molecular weight is 846 g/mol. The summed E-state index contributed by atoms with van der Waals surface area (Å²) >= 11 is 10.6. The number of hydrogen-bond acceptors (Lipinski definition) is 8. The van der Waals surface area contributed by atoms with Crippen LogP contribution in [0.4, 0.5) is 52.1 Å². The third-order valence-corrected chi connectivity index (χ3v) is 10.4. The Labute approximate surface area is 331 Å². The van der Waals surface area contributed by atoms with Crippen LogP contribution in [0.2, 0.25) is 5.02 Å². The number of benzene rings is 3. The van der Waals surface area contributed by atoms with Crippen molar-refractivity contribution in [2.45, 2.75) is 69.0 Å². The molecule has 3 aliphatic rings. The summed E-state index contributed by atoms with van der Waals surface area (Å²) in [6, 6.07) is 22.9. The molecule has 55 heavy (non-hydrogen) atoms. The van der Waals surface area contributed by atoms with Gasteiger partial charge in [-0.3, -0.25) is 19.4 Å². The molecule has 3 N–H and O–H groups in total. The van der Waals surface area contributed by atoms with Crippen LogP contribution in [0, 0.1) is 0 Å². The zero-order chi connectivity index (χ0) is 40.3. The summed E-state index contributed by atoms with van der Waals surface area (Å²) in [5.74, 6) is -0.990. The van der Waals surface area contributed by atoms with Gasteiger partial charge in [0, 0.05) is 16.8 Å². The smallest absolute Gasteiger partial charge is 0.361 e. The highest BCUT2D eigenvalue weighted by molar-refractivity contribution is 8.29. The Hall–Kier alpha value is -4.20. The number of nitrogens with two attached hydrogens (primary N) is 1. The summed E-state index contributed by atoms with van der Waals surface area (Å²) in [5.41, 5.74) is 5.88. The Morgan fingerprint density at radius 3 is 1.96 bits per heavy atom. The first kappa shape index (κ1) is 43.5. The standard InChI is InChI=1S/C17H21ClN2O2S.C17H10F6N4S.CH3NOS/c1-11-15(12-7-9-13(18)10-8-12)23-17(22)20(11)16(21)19-14-5-3-2-4-6-14;18-16(19,20)25-13-14(26-17(21,22)23)28-15(24-11-7-3-1-4-8-11)27(13)12-9-5-2-6-10-12;2-1(3)4/h7-11,14-15H,2-6H2,1H3,(H,19,21);1-10H;(H3,2,3,4)/t11-,15+;;/m0../s1. The Bertz CT molecular complexity index is 1880. The van der Waals surface area contributed by atoms with E-state index in [4.69, 9.17) is 16.4 Å². The number of alkyl halides is 6. The average Bonchev–Trinajstić information content (AvgIpc) is 3.58. The number of carbonyl (C=O) groups is 3. The van der Waals surface area contributed by atoms with Crippen molar-refractivity contribution in [3.8, 4) is 0 Å². The van der Waals surface area contributed by atoms with Crippen LogP contribution in [0.5, 0.6) is 0 Å². The first-order valence-electron chi connectivity index (χ1n) is 16.5. The number of imide groups is 1. The van der Waals surface area contributed by atoms with Gasteiger partial charge in [0.05, 0.1) is 17.0 Å². The van der Waals surface area contributed by atoms with Crippen LogP contribution in [-0.2, 0) is 0 Å². The lowest BCUT2D eigenvalue weighted by Crippen LogP contribution is -2.48. The van der Waals surface area contributed by atoms with Gasteiger partial charge >= 0.3 is 18.6 Å². The van der Waals surface area contributed by atoms with E-state index in [0.29, 0.717) is 22.5 Å². The summed E-state index contributed by atoms with van der Waals surface area (Å²) in [6.07, 6.45) is -4.62. The van der Waals surface area contributed by atoms with Gasteiger partial charge in [-0.1, -0.05) is 104 Å². The lowest BCUT2D eigenvalue weighted by Gasteiger charge is -2.27. The lowest BCUT2D eigenvalue weighted by atomic mass is 9.96. The van der Waals surface area contributed by atoms with Gasteiger partial charge in [0.1, 0.15) is 0 Å². The van der Waals surface area contributed by atoms with Crippen LogP contribution >= 0.6 is 47.8 Å². The van der Waals surface area contributed by atoms with Crippen molar-refractivity contribution in [1.82, 2.24) is 10.2 Å². The number of amidine groups is 2. The number of hydrogen-bond donors (Lipinski definition) is 3. The molecule has 1 saturated carbocycles. The van der Waals surface area contributed by atoms with Gasteiger partial charge in [0.25, 0.3) is 10.5 Å². The van der Waals surface area contributed by atoms with E-state index in [1.165, 1.54) is 47.3 Å². The minimum atomic E-state index is -5.10. The van der Waals surface area contributed by atoms with E-state index in [0.717, 1.165) is 36.1 Å². The van der Waals surface area contributed by atoms with Crippen molar-refractivity contribution in [2.75, 3.05) is 4.90 Å². The number of nitrogens with one attached hydrogen (secondary N) is 1. The molecule has 2 aliphatic heterocycles. The Balaban J connectivity index is 0.000000226. The number of nitrogens with zero attached hydrogens (tertiary/aromatic N) is 5. The minimum absolute atomic E-state index is 0.0446. The van der Waals surface area contributed by atoms with Crippen molar-refractivity contribution in [3.63, 3.8) is 0 Å². The van der Waals surface area contributed by atoms with Crippen molar-refractivity contribution in [1.29, 1.82) is 0 Å². The number of urea groups is 1. The van der Waals surface area contributed by atoms with Crippen LogP contribution in [0.1, 0.15) is 49.8 Å². The molecular weight excluding hydrogens is 812 g/mol. The Morgan fingerprint density at radius 1 is 0.873 bits per heavy atom. The molecule has 2 heterocycles. The molecule has 0 aromatic heterocycles. The van der Waals surface area contributed by atoms with E-state index >= 15 is 0 Å². The first-order chi connectivity index (χ1) is 25.9. The van der Waals surface area contributed by atoms with E-state index in [9.17, 15) is 35.9 Å². The number of aliphatic imine (C=N–C) groups is 3. The van der Waals surface area contributed by atoms with Gasteiger partial charge in [0.15, 0.2) is 16.0 Å². The van der Waals surface area contributed by atoms with Crippen LogP contribution in [0.25, 0.3) is 0 Å². The molecule has 3 aromatic rings.